The van der Waals surface area contributed by atoms with Crippen molar-refractivity contribution in [2.45, 2.75) is 38.8 Å². The first-order valence-corrected chi connectivity index (χ1v) is 5.24. The smallest absolute Gasteiger partial charge is 0.171 e. The number of hydrogen-bond acceptors (Lipinski definition) is 0. The van der Waals surface area contributed by atoms with Crippen LogP contribution in [-0.2, 0) is 0 Å². The summed E-state index contributed by atoms with van der Waals surface area (Å²) in [5.41, 5.74) is 0. The highest BCUT2D eigenvalue weighted by molar-refractivity contribution is 9.09. The van der Waals surface area contributed by atoms with E-state index < -0.39 is 12.6 Å². The number of rotatable bonds is 5. The molecule has 0 heterocycles. The summed E-state index contributed by atoms with van der Waals surface area (Å²) in [5, 5.41) is 0.451. The minimum Gasteiger partial charge on any atom is -0.171 e. The molecule has 74 valence electrons. The lowest BCUT2D eigenvalue weighted by molar-refractivity contribution is -0.143. The first-order valence-electron chi connectivity index (χ1n) is 4.12. The van der Waals surface area contributed by atoms with E-state index in [-0.39, 0.29) is 5.92 Å². The van der Waals surface area contributed by atoms with Crippen LogP contribution in [0.4, 0.5) is 13.2 Å². The largest absolute Gasteiger partial charge is 0.389 e. The van der Waals surface area contributed by atoms with E-state index in [0.29, 0.717) is 11.8 Å². The Hall–Kier alpha value is 0.270. The molecule has 0 aliphatic rings. The Balaban J connectivity index is 3.67. The van der Waals surface area contributed by atoms with Crippen LogP contribution in [0, 0.1) is 5.92 Å². The predicted octanol–water partition coefficient (Wildman–Crippen LogP) is 4.14. The van der Waals surface area contributed by atoms with Crippen molar-refractivity contribution in [3.8, 4) is 0 Å². The molecule has 0 nitrogen and oxygen atoms in total. The van der Waals surface area contributed by atoms with Crippen molar-refractivity contribution in [2.24, 2.45) is 5.92 Å². The average Bonchev–Trinajstić information content (AvgIpc) is 1.95. The zero-order chi connectivity index (χ0) is 9.61. The average molecular weight is 247 g/mol. The van der Waals surface area contributed by atoms with Crippen LogP contribution >= 0.6 is 15.9 Å². The molecule has 0 aromatic carbocycles. The first-order chi connectivity index (χ1) is 5.49. The SMILES string of the molecule is CCCCC(CBr)CC(F)(F)F. The normalized spacial score (nSPS) is 14.8. The molecule has 0 spiro atoms. The number of halogens is 4. The summed E-state index contributed by atoms with van der Waals surface area (Å²) < 4.78 is 35.7. The van der Waals surface area contributed by atoms with Crippen molar-refractivity contribution in [1.29, 1.82) is 0 Å². The fraction of sp³-hybridized carbons (Fsp3) is 1.00. The van der Waals surface area contributed by atoms with Crippen LogP contribution in [-0.4, -0.2) is 11.5 Å². The van der Waals surface area contributed by atoms with Crippen LogP contribution in [0.1, 0.15) is 32.6 Å². The molecule has 0 aromatic rings. The van der Waals surface area contributed by atoms with Gasteiger partial charge in [0.05, 0.1) is 0 Å². The maximum Gasteiger partial charge on any atom is 0.389 e. The summed E-state index contributed by atoms with van der Waals surface area (Å²) in [5.74, 6) is -0.245. The Kier molecular flexibility index (Phi) is 5.97. The molecule has 4 heteroatoms. The van der Waals surface area contributed by atoms with E-state index in [1.54, 1.807) is 0 Å². The third-order valence-corrected chi connectivity index (χ3v) is 2.62. The fourth-order valence-corrected chi connectivity index (χ4v) is 1.61. The Labute approximate surface area is 79.7 Å². The quantitative estimate of drug-likeness (QED) is 0.640. The molecule has 0 radical (unpaired) electrons. The van der Waals surface area contributed by atoms with Gasteiger partial charge in [-0.2, -0.15) is 13.2 Å². The minimum atomic E-state index is -4.01. The van der Waals surface area contributed by atoms with Gasteiger partial charge in [0, 0.05) is 11.8 Å². The molecule has 12 heavy (non-hydrogen) atoms. The highest BCUT2D eigenvalue weighted by Gasteiger charge is 2.30. The first kappa shape index (κ1) is 12.3. The van der Waals surface area contributed by atoms with Gasteiger partial charge < -0.3 is 0 Å². The summed E-state index contributed by atoms with van der Waals surface area (Å²) >= 11 is 3.10. The molecule has 0 aromatic heterocycles. The van der Waals surface area contributed by atoms with Crippen molar-refractivity contribution in [2.75, 3.05) is 5.33 Å². The van der Waals surface area contributed by atoms with Crippen molar-refractivity contribution in [3.63, 3.8) is 0 Å². The molecule has 0 saturated heterocycles. The third kappa shape index (κ3) is 6.95. The molecule has 0 amide bonds. The van der Waals surface area contributed by atoms with E-state index in [1.165, 1.54) is 0 Å². The van der Waals surface area contributed by atoms with E-state index in [9.17, 15) is 13.2 Å². The van der Waals surface area contributed by atoms with Gasteiger partial charge in [-0.05, 0) is 12.3 Å². The second-order valence-corrected chi connectivity index (χ2v) is 3.63. The van der Waals surface area contributed by atoms with Gasteiger partial charge in [-0.1, -0.05) is 35.7 Å². The van der Waals surface area contributed by atoms with Crippen LogP contribution in [0.5, 0.6) is 0 Å². The molecule has 0 aliphatic carbocycles. The van der Waals surface area contributed by atoms with E-state index in [2.05, 4.69) is 15.9 Å². The van der Waals surface area contributed by atoms with Crippen LogP contribution in [0.25, 0.3) is 0 Å². The molecule has 0 aliphatic heterocycles. The van der Waals surface area contributed by atoms with Crippen molar-refractivity contribution < 1.29 is 13.2 Å². The molecule has 0 N–H and O–H groups in total. The molecule has 1 atom stereocenters. The lowest BCUT2D eigenvalue weighted by Crippen LogP contribution is -2.16. The van der Waals surface area contributed by atoms with Gasteiger partial charge >= 0.3 is 6.18 Å². The molecular weight excluding hydrogens is 233 g/mol. The lowest BCUT2D eigenvalue weighted by atomic mass is 10.0. The number of unbranched alkanes of at least 4 members (excludes halogenated alkanes) is 1. The molecular formula is C8H14BrF3. The van der Waals surface area contributed by atoms with Crippen LogP contribution in [0.3, 0.4) is 0 Å². The second kappa shape index (κ2) is 5.84. The standard InChI is InChI=1S/C8H14BrF3/c1-2-3-4-7(6-9)5-8(10,11)12/h7H,2-6H2,1H3. The second-order valence-electron chi connectivity index (χ2n) is 2.98. The van der Waals surface area contributed by atoms with Gasteiger partial charge in [-0.3, -0.25) is 0 Å². The van der Waals surface area contributed by atoms with Crippen LogP contribution in [0.2, 0.25) is 0 Å². The molecule has 1 unspecified atom stereocenters. The summed E-state index contributed by atoms with van der Waals surface area (Å²) in [6.07, 6.45) is -2.15. The molecule has 0 rings (SSSR count). The van der Waals surface area contributed by atoms with Crippen molar-refractivity contribution in [3.05, 3.63) is 0 Å². The van der Waals surface area contributed by atoms with Gasteiger partial charge in [-0.15, -0.1) is 0 Å². The summed E-state index contributed by atoms with van der Waals surface area (Å²) in [6.45, 7) is 1.98. The highest BCUT2D eigenvalue weighted by atomic mass is 79.9. The topological polar surface area (TPSA) is 0 Å². The fourth-order valence-electron chi connectivity index (χ4n) is 1.05. The number of alkyl halides is 4. The van der Waals surface area contributed by atoms with E-state index in [4.69, 9.17) is 0 Å². The number of hydrogen-bond donors (Lipinski definition) is 0. The minimum absolute atomic E-state index is 0.245. The summed E-state index contributed by atoms with van der Waals surface area (Å²) in [4.78, 5) is 0. The van der Waals surface area contributed by atoms with Gasteiger partial charge in [0.25, 0.3) is 0 Å². The monoisotopic (exact) mass is 246 g/mol. The van der Waals surface area contributed by atoms with Gasteiger partial charge in [-0.25, -0.2) is 0 Å². The van der Waals surface area contributed by atoms with E-state index >= 15 is 0 Å². The molecule has 0 saturated carbocycles. The predicted molar refractivity (Wildman–Crippen MR) is 47.5 cm³/mol. The summed E-state index contributed by atoms with van der Waals surface area (Å²) in [6, 6.07) is 0. The van der Waals surface area contributed by atoms with E-state index in [1.807, 2.05) is 6.92 Å². The lowest BCUT2D eigenvalue weighted by Gasteiger charge is -2.15. The van der Waals surface area contributed by atoms with Crippen LogP contribution in [0.15, 0.2) is 0 Å². The van der Waals surface area contributed by atoms with Gasteiger partial charge in [0.1, 0.15) is 0 Å². The Morgan fingerprint density at radius 3 is 2.25 bits per heavy atom. The Morgan fingerprint density at radius 1 is 1.33 bits per heavy atom. The highest BCUT2D eigenvalue weighted by Crippen LogP contribution is 2.28. The van der Waals surface area contributed by atoms with E-state index in [0.717, 1.165) is 12.8 Å². The van der Waals surface area contributed by atoms with Crippen molar-refractivity contribution >= 4 is 15.9 Å². The Morgan fingerprint density at radius 2 is 1.92 bits per heavy atom. The molecule has 0 fully saturated rings. The third-order valence-electron chi connectivity index (χ3n) is 1.70. The zero-order valence-corrected chi connectivity index (χ0v) is 8.71. The van der Waals surface area contributed by atoms with Crippen molar-refractivity contribution in [1.82, 2.24) is 0 Å². The molecule has 0 bridgehead atoms. The maximum atomic E-state index is 11.9. The van der Waals surface area contributed by atoms with Crippen LogP contribution < -0.4 is 0 Å². The summed E-state index contributed by atoms with van der Waals surface area (Å²) in [7, 11) is 0. The Bertz CT molecular complexity index is 111. The van der Waals surface area contributed by atoms with Gasteiger partial charge in [0.2, 0.25) is 0 Å². The van der Waals surface area contributed by atoms with Gasteiger partial charge in [0.15, 0.2) is 0 Å². The zero-order valence-electron chi connectivity index (χ0n) is 7.12. The maximum absolute atomic E-state index is 11.9.